The molecule has 14 heavy (non-hydrogen) atoms. The van der Waals surface area contributed by atoms with Crippen LogP contribution in [0, 0.1) is 0 Å². The summed E-state index contributed by atoms with van der Waals surface area (Å²) in [4.78, 5) is 11.1. The Kier molecular flexibility index (Phi) is 8.27. The molecular formula is C9H20N2O3. The molecule has 0 rings (SSSR count). The summed E-state index contributed by atoms with van der Waals surface area (Å²) < 4.78 is 4.71. The summed E-state index contributed by atoms with van der Waals surface area (Å²) in [5, 5.41) is 14.4. The average molecular weight is 204 g/mol. The summed E-state index contributed by atoms with van der Waals surface area (Å²) in [6.45, 7) is 3.17. The Hall–Kier alpha value is -0.810. The van der Waals surface area contributed by atoms with Gasteiger partial charge in [0, 0.05) is 20.2 Å². The zero-order valence-electron chi connectivity index (χ0n) is 8.88. The Labute approximate surface area is 84.8 Å². The maximum absolute atomic E-state index is 11.1. The fourth-order valence-electron chi connectivity index (χ4n) is 0.903. The second-order valence-corrected chi connectivity index (χ2v) is 3.10. The first kappa shape index (κ1) is 13.2. The summed E-state index contributed by atoms with van der Waals surface area (Å²) in [5.74, 6) is 0. The number of amides is 2. The second-order valence-electron chi connectivity index (χ2n) is 3.10. The van der Waals surface area contributed by atoms with Gasteiger partial charge in [-0.05, 0) is 6.42 Å². The van der Waals surface area contributed by atoms with Crippen molar-refractivity contribution in [3.8, 4) is 0 Å². The molecule has 2 amide bonds. The van der Waals surface area contributed by atoms with Crippen molar-refractivity contribution in [2.45, 2.75) is 25.9 Å². The Bertz CT molecular complexity index is 153. The first-order valence-corrected chi connectivity index (χ1v) is 4.89. The van der Waals surface area contributed by atoms with Gasteiger partial charge in [0.1, 0.15) is 0 Å². The number of rotatable bonds is 7. The molecule has 1 unspecified atom stereocenters. The van der Waals surface area contributed by atoms with Crippen molar-refractivity contribution in [1.82, 2.24) is 10.6 Å². The van der Waals surface area contributed by atoms with Gasteiger partial charge >= 0.3 is 6.03 Å². The monoisotopic (exact) mass is 204 g/mol. The quantitative estimate of drug-likeness (QED) is 0.515. The fourth-order valence-corrected chi connectivity index (χ4v) is 0.903. The molecule has 0 radical (unpaired) electrons. The molecule has 0 aliphatic carbocycles. The lowest BCUT2D eigenvalue weighted by molar-refractivity contribution is 0.0660. The molecule has 84 valence electrons. The van der Waals surface area contributed by atoms with Crippen LogP contribution in [0.2, 0.25) is 0 Å². The summed E-state index contributed by atoms with van der Waals surface area (Å²) in [6.07, 6.45) is 1.37. The molecule has 0 heterocycles. The van der Waals surface area contributed by atoms with Crippen LogP contribution in [0.4, 0.5) is 4.79 Å². The van der Waals surface area contributed by atoms with Gasteiger partial charge in [0.05, 0.1) is 12.7 Å². The number of methoxy groups -OCH3 is 1. The largest absolute Gasteiger partial charge is 0.389 e. The van der Waals surface area contributed by atoms with Gasteiger partial charge in [0.15, 0.2) is 0 Å². The van der Waals surface area contributed by atoms with Crippen molar-refractivity contribution < 1.29 is 14.6 Å². The number of hydrogen-bond acceptors (Lipinski definition) is 3. The molecule has 0 spiro atoms. The number of aliphatic hydroxyl groups excluding tert-OH is 1. The van der Waals surface area contributed by atoms with E-state index in [0.717, 1.165) is 12.8 Å². The van der Waals surface area contributed by atoms with Crippen LogP contribution in [-0.2, 0) is 4.74 Å². The zero-order valence-corrected chi connectivity index (χ0v) is 8.88. The average Bonchev–Trinajstić information content (AvgIpc) is 2.16. The number of ether oxygens (including phenoxy) is 1. The first-order valence-electron chi connectivity index (χ1n) is 4.89. The predicted octanol–water partition coefficient (Wildman–Crippen LogP) is 0.0930. The molecule has 0 aromatic carbocycles. The first-order chi connectivity index (χ1) is 6.70. The molecule has 0 aromatic rings. The topological polar surface area (TPSA) is 70.6 Å². The van der Waals surface area contributed by atoms with E-state index >= 15 is 0 Å². The molecule has 0 fully saturated rings. The molecule has 5 nitrogen and oxygen atoms in total. The summed E-state index contributed by atoms with van der Waals surface area (Å²) in [5.41, 5.74) is 0. The molecule has 0 saturated heterocycles. The predicted molar refractivity (Wildman–Crippen MR) is 54.2 cm³/mol. The Balaban J connectivity index is 3.34. The third kappa shape index (κ3) is 7.82. The van der Waals surface area contributed by atoms with E-state index in [1.807, 2.05) is 0 Å². The van der Waals surface area contributed by atoms with Crippen LogP contribution in [0.25, 0.3) is 0 Å². The van der Waals surface area contributed by atoms with Crippen LogP contribution in [0.3, 0.4) is 0 Å². The van der Waals surface area contributed by atoms with E-state index in [2.05, 4.69) is 17.6 Å². The molecular weight excluding hydrogens is 184 g/mol. The van der Waals surface area contributed by atoms with Gasteiger partial charge in [0.2, 0.25) is 0 Å². The smallest absolute Gasteiger partial charge is 0.314 e. The lowest BCUT2D eigenvalue weighted by Gasteiger charge is -2.11. The highest BCUT2D eigenvalue weighted by Crippen LogP contribution is 1.83. The number of hydrogen-bond donors (Lipinski definition) is 3. The fraction of sp³-hybridized carbons (Fsp3) is 0.889. The molecule has 0 saturated carbocycles. The molecule has 5 heteroatoms. The van der Waals surface area contributed by atoms with Crippen molar-refractivity contribution in [1.29, 1.82) is 0 Å². The van der Waals surface area contributed by atoms with Crippen molar-refractivity contribution in [2.24, 2.45) is 0 Å². The zero-order chi connectivity index (χ0) is 10.8. The van der Waals surface area contributed by atoms with E-state index in [4.69, 9.17) is 4.74 Å². The normalized spacial score (nSPS) is 12.2. The van der Waals surface area contributed by atoms with E-state index in [9.17, 15) is 9.90 Å². The number of carbonyl (C=O) groups excluding carboxylic acids is 1. The van der Waals surface area contributed by atoms with Crippen LogP contribution in [0.1, 0.15) is 19.8 Å². The van der Waals surface area contributed by atoms with Gasteiger partial charge < -0.3 is 20.5 Å². The molecule has 0 aliphatic rings. The highest BCUT2D eigenvalue weighted by atomic mass is 16.5. The minimum Gasteiger partial charge on any atom is -0.389 e. The molecule has 0 bridgehead atoms. The second kappa shape index (κ2) is 8.77. The van der Waals surface area contributed by atoms with E-state index in [0.29, 0.717) is 6.54 Å². The number of urea groups is 1. The van der Waals surface area contributed by atoms with Crippen LogP contribution < -0.4 is 10.6 Å². The molecule has 3 N–H and O–H groups in total. The lowest BCUT2D eigenvalue weighted by atomic mass is 10.3. The minimum absolute atomic E-state index is 0.214. The third-order valence-corrected chi connectivity index (χ3v) is 1.67. The Morgan fingerprint density at radius 1 is 1.50 bits per heavy atom. The van der Waals surface area contributed by atoms with Crippen LogP contribution >= 0.6 is 0 Å². The van der Waals surface area contributed by atoms with E-state index < -0.39 is 6.10 Å². The van der Waals surface area contributed by atoms with Gasteiger partial charge in [-0.25, -0.2) is 4.79 Å². The summed E-state index contributed by atoms with van der Waals surface area (Å²) in [6, 6.07) is -0.242. The van der Waals surface area contributed by atoms with Gasteiger partial charge in [-0.3, -0.25) is 0 Å². The minimum atomic E-state index is -0.642. The number of nitrogens with one attached hydrogen (secondary N) is 2. The van der Waals surface area contributed by atoms with Gasteiger partial charge in [0.25, 0.3) is 0 Å². The maximum Gasteiger partial charge on any atom is 0.314 e. The van der Waals surface area contributed by atoms with Crippen molar-refractivity contribution in [3.05, 3.63) is 0 Å². The van der Waals surface area contributed by atoms with Crippen molar-refractivity contribution in [2.75, 3.05) is 26.8 Å². The standard InChI is InChI=1S/C9H20N2O3/c1-3-4-5-10-9(13)11-6-8(12)7-14-2/h8,12H,3-7H2,1-2H3,(H2,10,11,13). The molecule has 0 aliphatic heterocycles. The van der Waals surface area contributed by atoms with Gasteiger partial charge in [-0.15, -0.1) is 0 Å². The van der Waals surface area contributed by atoms with E-state index in [1.54, 1.807) is 0 Å². The van der Waals surface area contributed by atoms with Crippen LogP contribution in [0.15, 0.2) is 0 Å². The summed E-state index contributed by atoms with van der Waals surface area (Å²) >= 11 is 0. The third-order valence-electron chi connectivity index (χ3n) is 1.67. The number of carbonyl (C=O) groups is 1. The van der Waals surface area contributed by atoms with Crippen LogP contribution in [0.5, 0.6) is 0 Å². The number of aliphatic hydroxyl groups is 1. The van der Waals surface area contributed by atoms with Crippen LogP contribution in [-0.4, -0.2) is 44.0 Å². The number of unbranched alkanes of at least 4 members (excludes halogenated alkanes) is 1. The van der Waals surface area contributed by atoms with E-state index in [1.165, 1.54) is 7.11 Å². The van der Waals surface area contributed by atoms with E-state index in [-0.39, 0.29) is 19.2 Å². The SMILES string of the molecule is CCCCNC(=O)NCC(O)COC. The van der Waals surface area contributed by atoms with Gasteiger partial charge in [-0.1, -0.05) is 13.3 Å². The van der Waals surface area contributed by atoms with Crippen molar-refractivity contribution in [3.63, 3.8) is 0 Å². The lowest BCUT2D eigenvalue weighted by Crippen LogP contribution is -2.41. The highest BCUT2D eigenvalue weighted by molar-refractivity contribution is 5.73. The Morgan fingerprint density at radius 2 is 2.21 bits per heavy atom. The highest BCUT2D eigenvalue weighted by Gasteiger charge is 2.05. The Morgan fingerprint density at radius 3 is 2.79 bits per heavy atom. The maximum atomic E-state index is 11.1. The van der Waals surface area contributed by atoms with Gasteiger partial charge in [-0.2, -0.15) is 0 Å². The summed E-state index contributed by atoms with van der Waals surface area (Å²) in [7, 11) is 1.50. The molecule has 1 atom stereocenters. The van der Waals surface area contributed by atoms with Crippen molar-refractivity contribution >= 4 is 6.03 Å². The molecule has 0 aromatic heterocycles.